The highest BCUT2D eigenvalue weighted by Crippen LogP contribution is 2.29. The fourth-order valence-electron chi connectivity index (χ4n) is 4.79. The Morgan fingerprint density at radius 2 is 2.06 bits per heavy atom. The number of rotatable bonds is 7. The Balaban J connectivity index is 1.28. The number of furan rings is 1. The van der Waals surface area contributed by atoms with Crippen molar-refractivity contribution in [2.24, 2.45) is 11.7 Å². The van der Waals surface area contributed by atoms with E-state index in [1.54, 1.807) is 0 Å². The molecule has 1 aliphatic heterocycles. The van der Waals surface area contributed by atoms with Gasteiger partial charge in [-0.2, -0.15) is 4.98 Å². The summed E-state index contributed by atoms with van der Waals surface area (Å²) in [7, 11) is 2.14. The smallest absolute Gasteiger partial charge is 0.229 e. The van der Waals surface area contributed by atoms with Crippen molar-refractivity contribution in [3.8, 4) is 0 Å². The van der Waals surface area contributed by atoms with E-state index >= 15 is 0 Å². The SMILES string of the molecule is CN1CCN(Cc2cc3cc(Nc4ncc(F)c(N[C@H]5CCC[C@H]5C(N)=O)n4)ccc3o2)CC1. The number of amides is 1. The molecule has 0 unspecified atom stereocenters. The highest BCUT2D eigenvalue weighted by atomic mass is 19.1. The summed E-state index contributed by atoms with van der Waals surface area (Å²) >= 11 is 0. The van der Waals surface area contributed by atoms with Crippen molar-refractivity contribution in [2.75, 3.05) is 43.9 Å². The lowest BCUT2D eigenvalue weighted by Gasteiger charge is -2.31. The van der Waals surface area contributed by atoms with Crippen LogP contribution in [0.5, 0.6) is 0 Å². The van der Waals surface area contributed by atoms with Gasteiger partial charge < -0.3 is 25.7 Å². The number of hydrogen-bond acceptors (Lipinski definition) is 8. The van der Waals surface area contributed by atoms with Crippen molar-refractivity contribution in [1.82, 2.24) is 19.8 Å². The molecule has 2 atom stereocenters. The molecule has 1 saturated heterocycles. The van der Waals surface area contributed by atoms with Crippen LogP contribution in [0.15, 0.2) is 34.9 Å². The Kier molecular flexibility index (Phi) is 6.34. The standard InChI is InChI=1S/C24H30FN7O2/c1-31-7-9-32(10-8-31)14-17-12-15-11-16(5-6-21(15)34-17)28-24-27-13-19(25)23(30-24)29-20-4-2-3-18(20)22(26)33/h5-6,11-13,18,20H,2-4,7-10,14H2,1H3,(H2,26,33)(H2,27,28,29,30)/t18-,20+/m1/s1. The molecule has 34 heavy (non-hydrogen) atoms. The highest BCUT2D eigenvalue weighted by Gasteiger charge is 2.32. The monoisotopic (exact) mass is 467 g/mol. The van der Waals surface area contributed by atoms with E-state index in [0.29, 0.717) is 6.42 Å². The maximum Gasteiger partial charge on any atom is 0.229 e. The van der Waals surface area contributed by atoms with Gasteiger partial charge in [0.1, 0.15) is 11.3 Å². The molecule has 5 rings (SSSR count). The summed E-state index contributed by atoms with van der Waals surface area (Å²) < 4.78 is 20.4. The quantitative estimate of drug-likeness (QED) is 0.486. The van der Waals surface area contributed by atoms with E-state index < -0.39 is 5.82 Å². The number of nitrogens with two attached hydrogens (primary N) is 1. The molecule has 9 nitrogen and oxygen atoms in total. The number of nitrogens with one attached hydrogen (secondary N) is 2. The summed E-state index contributed by atoms with van der Waals surface area (Å²) in [5.41, 5.74) is 7.07. The number of primary amides is 1. The van der Waals surface area contributed by atoms with Gasteiger partial charge in [-0.15, -0.1) is 0 Å². The van der Waals surface area contributed by atoms with Gasteiger partial charge in [-0.3, -0.25) is 9.69 Å². The number of benzene rings is 1. The molecular formula is C24H30FN7O2. The summed E-state index contributed by atoms with van der Waals surface area (Å²) in [5, 5.41) is 7.17. The molecule has 0 spiro atoms. The van der Waals surface area contributed by atoms with E-state index in [2.05, 4.69) is 43.5 Å². The first kappa shape index (κ1) is 22.5. The van der Waals surface area contributed by atoms with Crippen LogP contribution in [0.3, 0.4) is 0 Å². The molecule has 2 aliphatic rings. The third-order valence-electron chi connectivity index (χ3n) is 6.75. The second kappa shape index (κ2) is 9.55. The van der Waals surface area contributed by atoms with E-state index in [9.17, 15) is 9.18 Å². The number of fused-ring (bicyclic) bond motifs is 1. The minimum Gasteiger partial charge on any atom is -0.460 e. The molecule has 10 heteroatoms. The van der Waals surface area contributed by atoms with Crippen molar-refractivity contribution < 1.29 is 13.6 Å². The van der Waals surface area contributed by atoms with Crippen molar-refractivity contribution in [1.29, 1.82) is 0 Å². The molecule has 1 aromatic carbocycles. The van der Waals surface area contributed by atoms with Crippen LogP contribution in [0, 0.1) is 11.7 Å². The molecular weight excluding hydrogens is 437 g/mol. The Bertz CT molecular complexity index is 1180. The average Bonchev–Trinajstić information content (AvgIpc) is 3.44. The van der Waals surface area contributed by atoms with Crippen LogP contribution in [0.1, 0.15) is 25.0 Å². The summed E-state index contributed by atoms with van der Waals surface area (Å²) in [6.45, 7) is 4.97. The minimum atomic E-state index is -0.570. The zero-order chi connectivity index (χ0) is 23.7. The van der Waals surface area contributed by atoms with Crippen LogP contribution in [-0.4, -0.2) is 64.9 Å². The molecule has 180 valence electrons. The first-order valence-electron chi connectivity index (χ1n) is 11.7. The molecule has 1 saturated carbocycles. The van der Waals surface area contributed by atoms with Gasteiger partial charge in [-0.1, -0.05) is 6.42 Å². The predicted molar refractivity (Wildman–Crippen MR) is 128 cm³/mol. The maximum atomic E-state index is 14.4. The normalized spacial score (nSPS) is 21.7. The fraction of sp³-hybridized carbons (Fsp3) is 0.458. The lowest BCUT2D eigenvalue weighted by atomic mass is 10.0. The summed E-state index contributed by atoms with van der Waals surface area (Å²) in [6, 6.07) is 7.58. The summed E-state index contributed by atoms with van der Waals surface area (Å²) in [6.07, 6.45) is 3.43. The van der Waals surface area contributed by atoms with Crippen LogP contribution in [0.2, 0.25) is 0 Å². The third-order valence-corrected chi connectivity index (χ3v) is 6.75. The molecule has 2 aromatic heterocycles. The molecule has 4 N–H and O–H groups in total. The number of nitrogens with zero attached hydrogens (tertiary/aromatic N) is 4. The molecule has 2 fully saturated rings. The molecule has 3 heterocycles. The summed E-state index contributed by atoms with van der Waals surface area (Å²) in [4.78, 5) is 24.8. The lowest BCUT2D eigenvalue weighted by Crippen LogP contribution is -2.43. The molecule has 3 aromatic rings. The number of aromatic nitrogens is 2. The largest absolute Gasteiger partial charge is 0.460 e. The van der Waals surface area contributed by atoms with Crippen LogP contribution in [-0.2, 0) is 11.3 Å². The Labute approximate surface area is 197 Å². The number of halogens is 1. The predicted octanol–water partition coefficient (Wildman–Crippen LogP) is 2.92. The van der Waals surface area contributed by atoms with Gasteiger partial charge >= 0.3 is 0 Å². The van der Waals surface area contributed by atoms with E-state index in [0.717, 1.165) is 74.2 Å². The lowest BCUT2D eigenvalue weighted by molar-refractivity contribution is -0.121. The zero-order valence-electron chi connectivity index (χ0n) is 19.3. The number of carbonyl (C=O) groups excluding carboxylic acids is 1. The van der Waals surface area contributed by atoms with E-state index in [-0.39, 0.29) is 29.6 Å². The second-order valence-electron chi connectivity index (χ2n) is 9.25. The van der Waals surface area contributed by atoms with Crippen molar-refractivity contribution in [2.45, 2.75) is 31.8 Å². The molecule has 0 radical (unpaired) electrons. The van der Waals surface area contributed by atoms with Gasteiger partial charge in [0.25, 0.3) is 0 Å². The maximum absolute atomic E-state index is 14.4. The zero-order valence-corrected chi connectivity index (χ0v) is 19.3. The van der Waals surface area contributed by atoms with Gasteiger partial charge in [0.05, 0.1) is 18.7 Å². The second-order valence-corrected chi connectivity index (χ2v) is 9.25. The van der Waals surface area contributed by atoms with Crippen molar-refractivity contribution >= 4 is 34.3 Å². The number of hydrogen-bond donors (Lipinski definition) is 3. The third kappa shape index (κ3) is 4.97. The van der Waals surface area contributed by atoms with E-state index in [4.69, 9.17) is 10.2 Å². The van der Waals surface area contributed by atoms with E-state index in [1.807, 2.05) is 18.2 Å². The Hall–Kier alpha value is -3.24. The van der Waals surface area contributed by atoms with Gasteiger partial charge in [0.15, 0.2) is 11.6 Å². The topological polar surface area (TPSA) is 113 Å². The van der Waals surface area contributed by atoms with Crippen LogP contribution < -0.4 is 16.4 Å². The first-order chi connectivity index (χ1) is 16.4. The Morgan fingerprint density at radius 3 is 2.85 bits per heavy atom. The fourth-order valence-corrected chi connectivity index (χ4v) is 4.79. The van der Waals surface area contributed by atoms with Gasteiger partial charge in [-0.25, -0.2) is 9.37 Å². The van der Waals surface area contributed by atoms with Gasteiger partial charge in [0.2, 0.25) is 11.9 Å². The molecule has 1 aliphatic carbocycles. The number of likely N-dealkylation sites (N-methyl/N-ethyl adjacent to an activating group) is 1. The molecule has 0 bridgehead atoms. The van der Waals surface area contributed by atoms with Gasteiger partial charge in [-0.05, 0) is 44.2 Å². The van der Waals surface area contributed by atoms with Crippen molar-refractivity contribution in [3.05, 3.63) is 42.0 Å². The Morgan fingerprint density at radius 1 is 1.24 bits per heavy atom. The number of piperazine rings is 1. The van der Waals surface area contributed by atoms with Crippen LogP contribution in [0.4, 0.5) is 21.8 Å². The summed E-state index contributed by atoms with van der Waals surface area (Å²) in [5.74, 6) is -0.00800. The highest BCUT2D eigenvalue weighted by molar-refractivity contribution is 5.82. The van der Waals surface area contributed by atoms with Crippen molar-refractivity contribution in [3.63, 3.8) is 0 Å². The minimum absolute atomic E-state index is 0.0644. The first-order valence-corrected chi connectivity index (χ1v) is 11.7. The van der Waals surface area contributed by atoms with Gasteiger partial charge in [0, 0.05) is 43.3 Å². The van der Waals surface area contributed by atoms with Crippen LogP contribution in [0.25, 0.3) is 11.0 Å². The average molecular weight is 468 g/mol. The van der Waals surface area contributed by atoms with Crippen LogP contribution >= 0.6 is 0 Å². The number of anilines is 3. The number of carbonyl (C=O) groups is 1. The van der Waals surface area contributed by atoms with E-state index in [1.165, 1.54) is 0 Å². The molecule has 1 amide bonds.